The third-order valence-electron chi connectivity index (χ3n) is 7.27. The van der Waals surface area contributed by atoms with E-state index in [1.54, 1.807) is 5.56 Å². The van der Waals surface area contributed by atoms with Gasteiger partial charge in [-0.25, -0.2) is 0 Å². The molecule has 2 fully saturated rings. The van der Waals surface area contributed by atoms with Crippen LogP contribution in [0.25, 0.3) is 0 Å². The minimum atomic E-state index is 0.694. The molecule has 2 nitrogen and oxygen atoms in total. The Morgan fingerprint density at radius 1 is 1.04 bits per heavy atom. The van der Waals surface area contributed by atoms with Crippen LogP contribution in [0.2, 0.25) is 5.02 Å². The average molecular weight is 381 g/mol. The Morgan fingerprint density at radius 2 is 1.85 bits per heavy atom. The number of hydrogen-bond acceptors (Lipinski definition) is 2. The molecule has 0 radical (unpaired) electrons. The lowest BCUT2D eigenvalue weighted by atomic mass is 9.83. The largest absolute Gasteiger partial charge is 0.368 e. The van der Waals surface area contributed by atoms with Crippen LogP contribution in [-0.4, -0.2) is 36.6 Å². The molecule has 0 N–H and O–H groups in total. The highest BCUT2D eigenvalue weighted by molar-refractivity contribution is 6.30. The molecule has 3 heterocycles. The Kier molecular flexibility index (Phi) is 4.44. The van der Waals surface area contributed by atoms with E-state index in [0.717, 1.165) is 30.1 Å². The van der Waals surface area contributed by atoms with Gasteiger partial charge in [-0.15, -0.1) is 0 Å². The topological polar surface area (TPSA) is 6.48 Å². The molecule has 2 aromatic rings. The Hall–Kier alpha value is -1.51. The highest BCUT2D eigenvalue weighted by Gasteiger charge is 2.51. The maximum Gasteiger partial charge on any atom is 0.0406 e. The fourth-order valence-electron chi connectivity index (χ4n) is 5.95. The molecule has 4 atom stereocenters. The quantitative estimate of drug-likeness (QED) is 0.698. The summed E-state index contributed by atoms with van der Waals surface area (Å²) >= 11 is 6.03. The van der Waals surface area contributed by atoms with Crippen molar-refractivity contribution in [3.63, 3.8) is 0 Å². The summed E-state index contributed by atoms with van der Waals surface area (Å²) in [5.74, 6) is 0.694. The number of rotatable bonds is 4. The van der Waals surface area contributed by atoms with Gasteiger partial charge in [0.15, 0.2) is 0 Å². The zero-order chi connectivity index (χ0) is 18.5. The second-order valence-corrected chi connectivity index (χ2v) is 9.21. The Labute approximate surface area is 168 Å². The molecule has 0 aliphatic carbocycles. The summed E-state index contributed by atoms with van der Waals surface area (Å²) in [5.41, 5.74) is 5.91. The lowest BCUT2D eigenvalue weighted by Gasteiger charge is -2.43. The molecule has 27 heavy (non-hydrogen) atoms. The third kappa shape index (κ3) is 2.98. The normalized spacial score (nSPS) is 29.1. The zero-order valence-corrected chi connectivity index (χ0v) is 17.1. The lowest BCUT2D eigenvalue weighted by molar-refractivity contribution is 0.142. The molecule has 0 spiro atoms. The van der Waals surface area contributed by atoms with E-state index in [1.807, 2.05) is 12.1 Å². The molecule has 3 aliphatic heterocycles. The van der Waals surface area contributed by atoms with Crippen molar-refractivity contribution >= 4 is 17.3 Å². The van der Waals surface area contributed by atoms with Gasteiger partial charge in [0.05, 0.1) is 0 Å². The summed E-state index contributed by atoms with van der Waals surface area (Å²) in [5, 5.41) is 0.826. The molecule has 142 valence electrons. The van der Waals surface area contributed by atoms with Crippen molar-refractivity contribution in [2.24, 2.45) is 0 Å². The van der Waals surface area contributed by atoms with E-state index in [2.05, 4.69) is 54.1 Å². The SMILES string of the molecule is Cc1ccc2c(c1)C1C(CC3CCC1N3C)N2CCCc1ccc(Cl)cc1. The van der Waals surface area contributed by atoms with Crippen molar-refractivity contribution in [1.29, 1.82) is 0 Å². The zero-order valence-electron chi connectivity index (χ0n) is 16.4. The maximum absolute atomic E-state index is 6.03. The predicted octanol–water partition coefficient (Wildman–Crippen LogP) is 5.42. The minimum absolute atomic E-state index is 0.694. The van der Waals surface area contributed by atoms with Gasteiger partial charge in [0.25, 0.3) is 0 Å². The van der Waals surface area contributed by atoms with E-state index in [9.17, 15) is 0 Å². The van der Waals surface area contributed by atoms with Crippen LogP contribution in [-0.2, 0) is 6.42 Å². The first-order valence-electron chi connectivity index (χ1n) is 10.5. The number of nitrogens with zero attached hydrogens (tertiary/aromatic N) is 2. The van der Waals surface area contributed by atoms with Crippen molar-refractivity contribution in [3.8, 4) is 0 Å². The van der Waals surface area contributed by atoms with Gasteiger partial charge in [-0.1, -0.05) is 41.4 Å². The van der Waals surface area contributed by atoms with E-state index < -0.39 is 0 Å². The summed E-state index contributed by atoms with van der Waals surface area (Å²) < 4.78 is 0. The summed E-state index contributed by atoms with van der Waals surface area (Å²) in [7, 11) is 2.36. The van der Waals surface area contributed by atoms with Gasteiger partial charge in [-0.05, 0) is 75.4 Å². The van der Waals surface area contributed by atoms with Crippen LogP contribution in [0.5, 0.6) is 0 Å². The van der Waals surface area contributed by atoms with Crippen molar-refractivity contribution in [2.45, 2.75) is 63.1 Å². The van der Waals surface area contributed by atoms with Crippen molar-refractivity contribution < 1.29 is 0 Å². The second-order valence-electron chi connectivity index (χ2n) is 8.78. The number of hydrogen-bond donors (Lipinski definition) is 0. The van der Waals surface area contributed by atoms with Gasteiger partial charge >= 0.3 is 0 Å². The Balaban J connectivity index is 1.38. The van der Waals surface area contributed by atoms with E-state index in [-0.39, 0.29) is 0 Å². The number of aryl methyl sites for hydroxylation is 2. The van der Waals surface area contributed by atoms with Gasteiger partial charge in [0.2, 0.25) is 0 Å². The molecule has 0 saturated carbocycles. The summed E-state index contributed by atoms with van der Waals surface area (Å²) in [6.45, 7) is 3.39. The van der Waals surface area contributed by atoms with Crippen LogP contribution in [0.15, 0.2) is 42.5 Å². The van der Waals surface area contributed by atoms with Gasteiger partial charge in [0, 0.05) is 41.3 Å². The fourth-order valence-corrected chi connectivity index (χ4v) is 6.07. The molecule has 2 bridgehead atoms. The summed E-state index contributed by atoms with van der Waals surface area (Å²) in [6, 6.07) is 17.7. The van der Waals surface area contributed by atoms with Gasteiger partial charge < -0.3 is 4.90 Å². The Bertz CT molecular complexity index is 831. The lowest BCUT2D eigenvalue weighted by Crippen LogP contribution is -2.51. The Morgan fingerprint density at radius 3 is 2.67 bits per heavy atom. The van der Waals surface area contributed by atoms with E-state index in [0.29, 0.717) is 12.0 Å². The van der Waals surface area contributed by atoms with E-state index >= 15 is 0 Å². The molecule has 2 aromatic carbocycles. The molecule has 4 unspecified atom stereocenters. The van der Waals surface area contributed by atoms with E-state index in [4.69, 9.17) is 11.6 Å². The first kappa shape index (κ1) is 17.6. The first-order valence-corrected chi connectivity index (χ1v) is 10.8. The van der Waals surface area contributed by atoms with Crippen molar-refractivity contribution in [1.82, 2.24) is 4.90 Å². The summed E-state index contributed by atoms with van der Waals surface area (Å²) in [6.07, 6.45) is 6.40. The monoisotopic (exact) mass is 380 g/mol. The predicted molar refractivity (Wildman–Crippen MR) is 114 cm³/mol. The van der Waals surface area contributed by atoms with Crippen LogP contribution in [0, 0.1) is 6.92 Å². The minimum Gasteiger partial charge on any atom is -0.368 e. The molecular weight excluding hydrogens is 352 g/mol. The molecule has 2 saturated heterocycles. The second kappa shape index (κ2) is 6.83. The standard InChI is InChI=1S/C24H29ClN2/c1-16-5-11-21-20(14-16)24-22-12-10-19(26(22)2)15-23(24)27(21)13-3-4-17-6-8-18(25)9-7-17/h5-9,11,14,19,22-24H,3-4,10,12-13,15H2,1-2H3. The van der Waals surface area contributed by atoms with Crippen LogP contribution in [0.4, 0.5) is 5.69 Å². The number of piperidine rings is 1. The molecule has 3 aliphatic rings. The maximum atomic E-state index is 6.03. The smallest absolute Gasteiger partial charge is 0.0406 e. The average Bonchev–Trinajstić information content (AvgIpc) is 3.07. The van der Waals surface area contributed by atoms with Gasteiger partial charge in [-0.3, -0.25) is 4.90 Å². The van der Waals surface area contributed by atoms with Crippen LogP contribution in [0.3, 0.4) is 0 Å². The van der Waals surface area contributed by atoms with Gasteiger partial charge in [0.1, 0.15) is 0 Å². The number of anilines is 1. The van der Waals surface area contributed by atoms with Gasteiger partial charge in [-0.2, -0.15) is 0 Å². The molecular formula is C24H29ClN2. The fraction of sp³-hybridized carbons (Fsp3) is 0.500. The molecule has 0 aromatic heterocycles. The number of likely N-dealkylation sites (N-methyl/N-ethyl adjacent to an activating group) is 1. The van der Waals surface area contributed by atoms with Crippen molar-refractivity contribution in [2.75, 3.05) is 18.5 Å². The van der Waals surface area contributed by atoms with Crippen LogP contribution < -0.4 is 4.90 Å². The van der Waals surface area contributed by atoms with Crippen LogP contribution in [0.1, 0.15) is 48.3 Å². The highest BCUT2D eigenvalue weighted by atomic mass is 35.5. The number of benzene rings is 2. The highest BCUT2D eigenvalue weighted by Crippen LogP contribution is 2.52. The number of fused-ring (bicyclic) bond motifs is 6. The molecule has 3 heteroatoms. The van der Waals surface area contributed by atoms with E-state index in [1.165, 1.54) is 42.5 Å². The summed E-state index contributed by atoms with van der Waals surface area (Å²) in [4.78, 5) is 5.44. The third-order valence-corrected chi connectivity index (χ3v) is 7.52. The number of halogens is 1. The molecule has 0 amide bonds. The molecule has 5 rings (SSSR count). The van der Waals surface area contributed by atoms with Crippen LogP contribution >= 0.6 is 11.6 Å². The first-order chi connectivity index (χ1) is 13.1. The van der Waals surface area contributed by atoms with Crippen molar-refractivity contribution in [3.05, 3.63) is 64.2 Å².